The topological polar surface area (TPSA) is 74.7 Å². The third kappa shape index (κ3) is 3.39. The van der Waals surface area contributed by atoms with Crippen molar-refractivity contribution >= 4 is 21.7 Å². The first-order chi connectivity index (χ1) is 11.9. The Kier molecular flexibility index (Phi) is 4.81. The maximum atomic E-state index is 13.0. The predicted molar refractivity (Wildman–Crippen MR) is 96.4 cm³/mol. The zero-order valence-corrected chi connectivity index (χ0v) is 14.9. The second-order valence-corrected chi connectivity index (χ2v) is 8.09. The molecule has 1 aliphatic heterocycles. The molecule has 1 aliphatic rings. The highest BCUT2D eigenvalue weighted by Gasteiger charge is 2.36. The third-order valence-electron chi connectivity index (χ3n) is 4.63. The first-order valence-electron chi connectivity index (χ1n) is 8.36. The molecule has 0 fully saturated rings. The van der Waals surface area contributed by atoms with E-state index < -0.39 is 16.0 Å². The van der Waals surface area contributed by atoms with Crippen LogP contribution >= 0.6 is 0 Å². The van der Waals surface area contributed by atoms with Gasteiger partial charge in [-0.2, -0.15) is 0 Å². The summed E-state index contributed by atoms with van der Waals surface area (Å²) in [6, 6.07) is 14.1. The molecule has 6 heteroatoms. The minimum atomic E-state index is -3.66. The standard InChI is InChI=1S/C19H21NO4S/c1-2-14-8-10-18-17(12-14)15(9-11-19(21)22)13-20(18)25(23,24)16-6-4-3-5-7-16/h3-8,10,12,15H,2,9,11,13H2,1H3,(H,21,22). The minimum absolute atomic E-state index is 0.0275. The van der Waals surface area contributed by atoms with Crippen LogP contribution in [0.3, 0.4) is 0 Å². The van der Waals surface area contributed by atoms with E-state index in [1.54, 1.807) is 30.3 Å². The Labute approximate surface area is 148 Å². The molecule has 0 amide bonds. The lowest BCUT2D eigenvalue weighted by atomic mass is 9.94. The summed E-state index contributed by atoms with van der Waals surface area (Å²) in [5.41, 5.74) is 2.72. The molecule has 1 heterocycles. The lowest BCUT2D eigenvalue weighted by molar-refractivity contribution is -0.137. The van der Waals surface area contributed by atoms with Gasteiger partial charge in [0.2, 0.25) is 0 Å². The van der Waals surface area contributed by atoms with Gasteiger partial charge in [0, 0.05) is 18.9 Å². The van der Waals surface area contributed by atoms with Crippen LogP contribution < -0.4 is 4.31 Å². The maximum Gasteiger partial charge on any atom is 0.303 e. The van der Waals surface area contributed by atoms with E-state index in [-0.39, 0.29) is 23.8 Å². The summed E-state index contributed by atoms with van der Waals surface area (Å²) < 4.78 is 27.5. The van der Waals surface area contributed by atoms with Gasteiger partial charge in [-0.3, -0.25) is 9.10 Å². The molecule has 0 radical (unpaired) electrons. The molecule has 0 bridgehead atoms. The number of hydrogen-bond acceptors (Lipinski definition) is 3. The molecule has 1 unspecified atom stereocenters. The van der Waals surface area contributed by atoms with E-state index in [0.717, 1.165) is 17.5 Å². The first-order valence-corrected chi connectivity index (χ1v) is 9.80. The zero-order valence-electron chi connectivity index (χ0n) is 14.1. The van der Waals surface area contributed by atoms with Gasteiger partial charge in [-0.05, 0) is 42.2 Å². The van der Waals surface area contributed by atoms with Crippen LogP contribution in [-0.2, 0) is 21.2 Å². The molecule has 25 heavy (non-hydrogen) atoms. The number of nitrogens with zero attached hydrogens (tertiary/aromatic N) is 1. The van der Waals surface area contributed by atoms with E-state index >= 15 is 0 Å². The highest BCUT2D eigenvalue weighted by Crippen LogP contribution is 2.42. The molecule has 5 nitrogen and oxygen atoms in total. The molecule has 1 atom stereocenters. The molecular weight excluding hydrogens is 338 g/mol. The predicted octanol–water partition coefficient (Wildman–Crippen LogP) is 3.41. The molecule has 3 rings (SSSR count). The number of carbonyl (C=O) groups is 1. The lowest BCUT2D eigenvalue weighted by Crippen LogP contribution is -2.30. The molecular formula is C19H21NO4S. The second-order valence-electron chi connectivity index (χ2n) is 6.23. The number of benzene rings is 2. The van der Waals surface area contributed by atoms with Crippen LogP contribution in [0.2, 0.25) is 0 Å². The van der Waals surface area contributed by atoms with Crippen molar-refractivity contribution in [3.05, 3.63) is 59.7 Å². The second kappa shape index (κ2) is 6.88. The summed E-state index contributed by atoms with van der Waals surface area (Å²) in [6.07, 6.45) is 1.31. The fourth-order valence-electron chi connectivity index (χ4n) is 3.27. The average Bonchev–Trinajstić information content (AvgIpc) is 2.99. The van der Waals surface area contributed by atoms with Crippen LogP contribution in [0.15, 0.2) is 53.4 Å². The van der Waals surface area contributed by atoms with Crippen molar-refractivity contribution < 1.29 is 18.3 Å². The van der Waals surface area contributed by atoms with E-state index in [1.807, 2.05) is 25.1 Å². The SMILES string of the molecule is CCc1ccc2c(c1)C(CCC(=O)O)CN2S(=O)(=O)c1ccccc1. The van der Waals surface area contributed by atoms with Crippen LogP contribution in [0.5, 0.6) is 0 Å². The highest BCUT2D eigenvalue weighted by molar-refractivity contribution is 7.92. The number of sulfonamides is 1. The van der Waals surface area contributed by atoms with E-state index in [0.29, 0.717) is 12.1 Å². The number of aryl methyl sites for hydroxylation is 1. The molecule has 0 saturated heterocycles. The van der Waals surface area contributed by atoms with Crippen molar-refractivity contribution in [2.24, 2.45) is 0 Å². The molecule has 0 aromatic heterocycles. The molecule has 0 spiro atoms. The molecule has 1 N–H and O–H groups in total. The van der Waals surface area contributed by atoms with E-state index in [9.17, 15) is 13.2 Å². The van der Waals surface area contributed by atoms with Crippen molar-refractivity contribution in [3.63, 3.8) is 0 Å². The number of carboxylic acids is 1. The van der Waals surface area contributed by atoms with Gasteiger partial charge in [0.1, 0.15) is 0 Å². The zero-order chi connectivity index (χ0) is 18.0. The van der Waals surface area contributed by atoms with Crippen molar-refractivity contribution in [1.29, 1.82) is 0 Å². The first kappa shape index (κ1) is 17.5. The molecule has 2 aromatic rings. The van der Waals surface area contributed by atoms with E-state index in [1.165, 1.54) is 4.31 Å². The Morgan fingerprint density at radius 2 is 1.92 bits per heavy atom. The summed E-state index contributed by atoms with van der Waals surface area (Å²) in [5.74, 6) is -0.964. The summed E-state index contributed by atoms with van der Waals surface area (Å²) in [5, 5.41) is 8.99. The normalized spacial score (nSPS) is 16.7. The van der Waals surface area contributed by atoms with Crippen LogP contribution in [0, 0.1) is 0 Å². The summed E-state index contributed by atoms with van der Waals surface area (Å²) in [7, 11) is -3.66. The summed E-state index contributed by atoms with van der Waals surface area (Å²) >= 11 is 0. The third-order valence-corrected chi connectivity index (χ3v) is 6.43. The quantitative estimate of drug-likeness (QED) is 0.858. The average molecular weight is 359 g/mol. The number of aliphatic carboxylic acids is 1. The molecule has 2 aromatic carbocycles. The van der Waals surface area contributed by atoms with Crippen LogP contribution in [0.4, 0.5) is 5.69 Å². The van der Waals surface area contributed by atoms with Gasteiger partial charge in [0.05, 0.1) is 10.6 Å². The van der Waals surface area contributed by atoms with E-state index in [2.05, 4.69) is 0 Å². The minimum Gasteiger partial charge on any atom is -0.481 e. The number of anilines is 1. The van der Waals surface area contributed by atoms with Crippen molar-refractivity contribution in [1.82, 2.24) is 0 Å². The lowest BCUT2D eigenvalue weighted by Gasteiger charge is -2.20. The Bertz CT molecular complexity index is 878. The van der Waals surface area contributed by atoms with Gasteiger partial charge in [-0.25, -0.2) is 8.42 Å². The largest absolute Gasteiger partial charge is 0.481 e. The summed E-state index contributed by atoms with van der Waals surface area (Å²) in [6.45, 7) is 2.33. The van der Waals surface area contributed by atoms with Crippen molar-refractivity contribution in [3.8, 4) is 0 Å². The van der Waals surface area contributed by atoms with Gasteiger partial charge >= 0.3 is 5.97 Å². The number of hydrogen-bond donors (Lipinski definition) is 1. The number of rotatable bonds is 6. The van der Waals surface area contributed by atoms with Crippen LogP contribution in [0.1, 0.15) is 36.8 Å². The van der Waals surface area contributed by atoms with Gasteiger partial charge in [-0.15, -0.1) is 0 Å². The van der Waals surface area contributed by atoms with Gasteiger partial charge in [0.15, 0.2) is 0 Å². The van der Waals surface area contributed by atoms with Crippen LogP contribution in [0.25, 0.3) is 0 Å². The van der Waals surface area contributed by atoms with Gasteiger partial charge in [-0.1, -0.05) is 37.3 Å². The molecule has 0 saturated carbocycles. The Hall–Kier alpha value is -2.34. The highest BCUT2D eigenvalue weighted by atomic mass is 32.2. The Morgan fingerprint density at radius 3 is 2.56 bits per heavy atom. The van der Waals surface area contributed by atoms with Gasteiger partial charge < -0.3 is 5.11 Å². The monoisotopic (exact) mass is 359 g/mol. The smallest absolute Gasteiger partial charge is 0.303 e. The maximum absolute atomic E-state index is 13.0. The Morgan fingerprint density at radius 1 is 1.20 bits per heavy atom. The fraction of sp³-hybridized carbons (Fsp3) is 0.316. The van der Waals surface area contributed by atoms with Crippen LogP contribution in [-0.4, -0.2) is 26.0 Å². The van der Waals surface area contributed by atoms with Crippen molar-refractivity contribution in [2.45, 2.75) is 37.0 Å². The fourth-order valence-corrected chi connectivity index (χ4v) is 4.82. The molecule has 0 aliphatic carbocycles. The summed E-state index contributed by atoms with van der Waals surface area (Å²) in [4.78, 5) is 11.2. The number of carboxylic acid groups (broad SMARTS) is 1. The van der Waals surface area contributed by atoms with Gasteiger partial charge in [0.25, 0.3) is 10.0 Å². The Balaban J connectivity index is 2.01. The van der Waals surface area contributed by atoms with E-state index in [4.69, 9.17) is 5.11 Å². The number of fused-ring (bicyclic) bond motifs is 1. The molecule has 132 valence electrons. The van der Waals surface area contributed by atoms with Crippen molar-refractivity contribution in [2.75, 3.05) is 10.8 Å².